The Morgan fingerprint density at radius 2 is 1.92 bits per heavy atom. The first-order chi connectivity index (χ1) is 12.2. The largest absolute Gasteiger partial charge is 0.319 e. The number of allylic oxidation sites excluding steroid dienone is 2. The molecule has 0 aliphatic carbocycles. The van der Waals surface area contributed by atoms with Crippen LogP contribution in [0.25, 0.3) is 22.5 Å². The number of benzene rings is 1. The summed E-state index contributed by atoms with van der Waals surface area (Å²) < 4.78 is 4.48. The third-order valence-electron chi connectivity index (χ3n) is 4.08. The van der Waals surface area contributed by atoms with Crippen LogP contribution < -0.4 is 5.32 Å². The number of halogens is 1. The molecule has 1 aliphatic heterocycles. The maximum Gasteiger partial charge on any atom is 0.0956 e. The number of aromatic nitrogens is 1. The van der Waals surface area contributed by atoms with Gasteiger partial charge in [0.05, 0.1) is 14.6 Å². The molecule has 1 N–H and O–H groups in total. The van der Waals surface area contributed by atoms with Crippen molar-refractivity contribution < 1.29 is 0 Å². The second-order valence-corrected chi connectivity index (χ2v) is 7.37. The predicted molar refractivity (Wildman–Crippen MR) is 112 cm³/mol. The number of nitrogens with one attached hydrogen (secondary N) is 1. The van der Waals surface area contributed by atoms with Gasteiger partial charge in [0.2, 0.25) is 0 Å². The molecule has 0 bridgehead atoms. The summed E-state index contributed by atoms with van der Waals surface area (Å²) >= 11 is 7.90. The van der Waals surface area contributed by atoms with E-state index in [2.05, 4.69) is 65.6 Å². The van der Waals surface area contributed by atoms with Crippen molar-refractivity contribution in [2.75, 3.05) is 6.54 Å². The number of rotatable bonds is 3. The predicted octanol–water partition coefficient (Wildman–Crippen LogP) is 5.99. The number of hydrogen-bond donors (Lipinski definition) is 1. The third kappa shape index (κ3) is 3.96. The van der Waals surface area contributed by atoms with E-state index >= 15 is 0 Å². The molecule has 3 heterocycles. The van der Waals surface area contributed by atoms with Gasteiger partial charge >= 0.3 is 0 Å². The van der Waals surface area contributed by atoms with Crippen LogP contribution in [0.4, 0.5) is 0 Å². The minimum atomic E-state index is 0.857. The van der Waals surface area contributed by atoms with Crippen LogP contribution in [0.2, 0.25) is 4.34 Å². The second kappa shape index (κ2) is 8.34. The first-order valence-electron chi connectivity index (χ1n) is 8.23. The van der Waals surface area contributed by atoms with E-state index in [4.69, 9.17) is 11.6 Å². The highest BCUT2D eigenvalue weighted by Gasteiger charge is 2.20. The summed E-state index contributed by atoms with van der Waals surface area (Å²) in [7, 11) is 0. The summed E-state index contributed by atoms with van der Waals surface area (Å²) in [6.45, 7) is 8.70. The molecule has 4 heteroatoms. The molecule has 3 aromatic rings. The molecule has 0 unspecified atom stereocenters. The Morgan fingerprint density at radius 1 is 1.16 bits per heavy atom. The number of nitrogens with zero attached hydrogens (tertiary/aromatic N) is 1. The zero-order chi connectivity index (χ0) is 17.6. The maximum atomic E-state index is 6.22. The Labute approximate surface area is 157 Å². The molecule has 0 saturated carbocycles. The van der Waals surface area contributed by atoms with Gasteiger partial charge in [0.1, 0.15) is 0 Å². The van der Waals surface area contributed by atoms with E-state index in [0.717, 1.165) is 23.8 Å². The van der Waals surface area contributed by atoms with Crippen molar-refractivity contribution in [3.05, 3.63) is 82.9 Å². The van der Waals surface area contributed by atoms with Crippen LogP contribution >= 0.6 is 22.9 Å². The van der Waals surface area contributed by atoms with Crippen LogP contribution in [0.15, 0.2) is 61.7 Å². The van der Waals surface area contributed by atoms with Crippen molar-refractivity contribution >= 4 is 45.4 Å². The summed E-state index contributed by atoms with van der Waals surface area (Å²) in [4.78, 5) is 0. The summed E-state index contributed by atoms with van der Waals surface area (Å²) in [6, 6.07) is 12.5. The Hall–Kier alpha value is -2.07. The van der Waals surface area contributed by atoms with E-state index in [1.165, 1.54) is 27.0 Å². The zero-order valence-corrected chi connectivity index (χ0v) is 15.6. The smallest absolute Gasteiger partial charge is 0.0956 e. The van der Waals surface area contributed by atoms with E-state index in [1.54, 1.807) is 23.5 Å². The molecule has 4 rings (SSSR count). The fraction of sp³-hybridized carbons (Fsp3) is 0.143. The second-order valence-electron chi connectivity index (χ2n) is 5.68. The molecule has 128 valence electrons. The molecule has 1 aromatic carbocycles. The van der Waals surface area contributed by atoms with Gasteiger partial charge in [0.15, 0.2) is 0 Å². The monoisotopic (exact) mass is 368 g/mol. The number of thiophene rings is 1. The molecule has 2 nitrogen and oxygen atoms in total. The van der Waals surface area contributed by atoms with Crippen molar-refractivity contribution in [2.45, 2.75) is 13.0 Å². The first-order valence-corrected chi connectivity index (χ1v) is 9.42. The normalized spacial score (nSPS) is 13.3. The molecular weight excluding hydrogens is 348 g/mol. The van der Waals surface area contributed by atoms with Gasteiger partial charge in [-0.1, -0.05) is 67.2 Å². The van der Waals surface area contributed by atoms with Crippen molar-refractivity contribution in [2.24, 2.45) is 0 Å². The Kier molecular flexibility index (Phi) is 5.92. The SMILES string of the molecule is C=CC=C.Clc1cc2c(s1)c1c(n2/C=C/c2ccccc2)CCNC1. The van der Waals surface area contributed by atoms with E-state index in [9.17, 15) is 0 Å². The fourth-order valence-electron chi connectivity index (χ4n) is 2.94. The average Bonchev–Trinajstić information content (AvgIpc) is 3.16. The summed E-state index contributed by atoms with van der Waals surface area (Å²) in [5, 5.41) is 3.46. The topological polar surface area (TPSA) is 17.0 Å². The lowest BCUT2D eigenvalue weighted by Crippen LogP contribution is -2.24. The molecule has 0 radical (unpaired) electrons. The van der Waals surface area contributed by atoms with Gasteiger partial charge in [0, 0.05) is 37.0 Å². The lowest BCUT2D eigenvalue weighted by Gasteiger charge is -2.15. The Balaban J connectivity index is 0.000000415. The quantitative estimate of drug-likeness (QED) is 0.562. The van der Waals surface area contributed by atoms with Crippen molar-refractivity contribution in [3.63, 3.8) is 0 Å². The molecule has 2 aromatic heterocycles. The van der Waals surface area contributed by atoms with Gasteiger partial charge in [-0.3, -0.25) is 0 Å². The zero-order valence-electron chi connectivity index (χ0n) is 14.0. The Morgan fingerprint density at radius 3 is 2.64 bits per heavy atom. The van der Waals surface area contributed by atoms with Gasteiger partial charge in [-0.15, -0.1) is 11.3 Å². The summed E-state index contributed by atoms with van der Waals surface area (Å²) in [6.07, 6.45) is 8.67. The Bertz CT molecular complexity index is 897. The van der Waals surface area contributed by atoms with Gasteiger partial charge in [-0.2, -0.15) is 0 Å². The minimum absolute atomic E-state index is 0.857. The van der Waals surface area contributed by atoms with Crippen LogP contribution in [0, 0.1) is 0 Å². The molecule has 0 saturated heterocycles. The van der Waals surface area contributed by atoms with Gasteiger partial charge < -0.3 is 9.88 Å². The maximum absolute atomic E-state index is 6.22. The van der Waals surface area contributed by atoms with Crippen molar-refractivity contribution in [1.82, 2.24) is 9.88 Å². The van der Waals surface area contributed by atoms with Gasteiger partial charge in [0.25, 0.3) is 0 Å². The van der Waals surface area contributed by atoms with E-state index in [0.29, 0.717) is 0 Å². The van der Waals surface area contributed by atoms with Crippen LogP contribution in [0.5, 0.6) is 0 Å². The van der Waals surface area contributed by atoms with E-state index in [-0.39, 0.29) is 0 Å². The highest BCUT2D eigenvalue weighted by Crippen LogP contribution is 2.37. The lowest BCUT2D eigenvalue weighted by atomic mass is 10.1. The number of fused-ring (bicyclic) bond motifs is 3. The third-order valence-corrected chi connectivity index (χ3v) is 5.39. The van der Waals surface area contributed by atoms with Gasteiger partial charge in [-0.05, 0) is 17.7 Å². The van der Waals surface area contributed by atoms with Crippen LogP contribution in [-0.4, -0.2) is 11.1 Å². The molecule has 0 atom stereocenters. The first kappa shape index (κ1) is 17.7. The molecule has 0 spiro atoms. The fourth-order valence-corrected chi connectivity index (χ4v) is 4.21. The summed E-state index contributed by atoms with van der Waals surface area (Å²) in [5.41, 5.74) is 5.26. The molecule has 0 amide bonds. The van der Waals surface area contributed by atoms with Gasteiger partial charge in [-0.25, -0.2) is 0 Å². The average molecular weight is 369 g/mol. The van der Waals surface area contributed by atoms with Crippen molar-refractivity contribution in [1.29, 1.82) is 0 Å². The van der Waals surface area contributed by atoms with E-state index in [1.807, 2.05) is 6.07 Å². The van der Waals surface area contributed by atoms with Crippen LogP contribution in [0.3, 0.4) is 0 Å². The molecule has 0 fully saturated rings. The molecule has 25 heavy (non-hydrogen) atoms. The molecule has 1 aliphatic rings. The standard InChI is InChI=1S/C17H15ClN2S.C4H6/c18-16-10-15-17(21-16)13-11-19-8-6-14(13)20(15)9-7-12-4-2-1-3-5-12;1-3-4-2/h1-5,7,9-10,19H,6,8,11H2;3-4H,1-2H2/b9-7+;. The number of hydrogen-bond acceptors (Lipinski definition) is 2. The molecular formula is C21H21ClN2S. The van der Waals surface area contributed by atoms with Crippen LogP contribution in [-0.2, 0) is 13.0 Å². The highest BCUT2D eigenvalue weighted by molar-refractivity contribution is 7.22. The minimum Gasteiger partial charge on any atom is -0.319 e. The van der Waals surface area contributed by atoms with Crippen LogP contribution in [0.1, 0.15) is 16.8 Å². The van der Waals surface area contributed by atoms with Crippen molar-refractivity contribution in [3.8, 4) is 0 Å². The lowest BCUT2D eigenvalue weighted by molar-refractivity contribution is 0.634. The highest BCUT2D eigenvalue weighted by atomic mass is 35.5. The summed E-state index contributed by atoms with van der Waals surface area (Å²) in [5.74, 6) is 0. The van der Waals surface area contributed by atoms with E-state index < -0.39 is 0 Å².